The highest BCUT2D eigenvalue weighted by molar-refractivity contribution is 9.10. The molecule has 1 aromatic carbocycles. The molecular weight excluding hydrogens is 331 g/mol. The zero-order valence-corrected chi connectivity index (χ0v) is 12.9. The van der Waals surface area contributed by atoms with E-state index in [2.05, 4.69) is 15.9 Å². The summed E-state index contributed by atoms with van der Waals surface area (Å²) in [6.45, 7) is 0. The Bertz CT molecular complexity index is 538. The maximum Gasteiger partial charge on any atom is 0.314 e. The lowest BCUT2D eigenvalue weighted by atomic mass is 9.78. The number of carbonyl (C=O) groups is 1. The summed E-state index contributed by atoms with van der Waals surface area (Å²) in [7, 11) is 2.72. The fraction of sp³-hybridized carbons (Fsp3) is 0.500. The van der Waals surface area contributed by atoms with Crippen LogP contribution in [0.1, 0.15) is 31.2 Å². The fourth-order valence-electron chi connectivity index (χ4n) is 2.96. The number of hydrogen-bond donors (Lipinski definition) is 1. The van der Waals surface area contributed by atoms with Gasteiger partial charge < -0.3 is 14.6 Å². The van der Waals surface area contributed by atoms with E-state index in [-0.39, 0.29) is 11.5 Å². The summed E-state index contributed by atoms with van der Waals surface area (Å²) in [5.74, 6) is -1.40. The third kappa shape index (κ3) is 2.16. The molecule has 0 radical (unpaired) electrons. The van der Waals surface area contributed by atoms with Crippen molar-refractivity contribution >= 4 is 21.9 Å². The van der Waals surface area contributed by atoms with E-state index in [9.17, 15) is 14.3 Å². The van der Waals surface area contributed by atoms with E-state index in [1.165, 1.54) is 20.3 Å². The first kappa shape index (κ1) is 15.1. The van der Waals surface area contributed by atoms with Crippen LogP contribution in [0, 0.1) is 5.82 Å². The van der Waals surface area contributed by atoms with Crippen LogP contribution in [0.25, 0.3) is 0 Å². The first-order chi connectivity index (χ1) is 9.47. The molecule has 0 unspecified atom stereocenters. The SMILES string of the molecule is COc1c(F)cc(Br)c(C2(C(=O)O)CCCC2)c1OC. The van der Waals surface area contributed by atoms with Gasteiger partial charge in [-0.2, -0.15) is 0 Å². The predicted molar refractivity (Wildman–Crippen MR) is 75.0 cm³/mol. The molecule has 1 aromatic rings. The third-order valence-corrected chi connectivity index (χ3v) is 4.52. The highest BCUT2D eigenvalue weighted by Crippen LogP contribution is 2.51. The lowest BCUT2D eigenvalue weighted by Gasteiger charge is -2.28. The number of benzene rings is 1. The van der Waals surface area contributed by atoms with E-state index < -0.39 is 17.2 Å². The van der Waals surface area contributed by atoms with Gasteiger partial charge in [-0.1, -0.05) is 28.8 Å². The molecule has 0 atom stereocenters. The van der Waals surface area contributed by atoms with Gasteiger partial charge >= 0.3 is 5.97 Å². The second kappa shape index (κ2) is 5.60. The van der Waals surface area contributed by atoms with Gasteiger partial charge in [0.05, 0.1) is 19.6 Å². The number of carboxylic acids is 1. The van der Waals surface area contributed by atoms with Gasteiger partial charge in [0.2, 0.25) is 0 Å². The maximum absolute atomic E-state index is 13.9. The van der Waals surface area contributed by atoms with E-state index in [1.807, 2.05) is 0 Å². The van der Waals surface area contributed by atoms with Crippen LogP contribution < -0.4 is 9.47 Å². The number of rotatable bonds is 4. The van der Waals surface area contributed by atoms with Gasteiger partial charge in [-0.25, -0.2) is 4.39 Å². The Morgan fingerprint density at radius 2 is 1.85 bits per heavy atom. The molecule has 1 saturated carbocycles. The third-order valence-electron chi connectivity index (χ3n) is 3.90. The summed E-state index contributed by atoms with van der Waals surface area (Å²) in [5, 5.41) is 9.68. The molecule has 1 aliphatic carbocycles. The van der Waals surface area contributed by atoms with Crippen molar-refractivity contribution in [2.24, 2.45) is 0 Å². The Morgan fingerprint density at radius 1 is 1.30 bits per heavy atom. The van der Waals surface area contributed by atoms with Crippen LogP contribution in [0.15, 0.2) is 10.5 Å². The van der Waals surface area contributed by atoms with Crippen molar-refractivity contribution in [1.29, 1.82) is 0 Å². The Kier molecular flexibility index (Phi) is 4.22. The van der Waals surface area contributed by atoms with Crippen LogP contribution in [0.5, 0.6) is 11.5 Å². The number of hydrogen-bond acceptors (Lipinski definition) is 3. The minimum atomic E-state index is -1.05. The van der Waals surface area contributed by atoms with Crippen LogP contribution in [-0.2, 0) is 10.2 Å². The van der Waals surface area contributed by atoms with Gasteiger partial charge in [0, 0.05) is 10.0 Å². The summed E-state index contributed by atoms with van der Waals surface area (Å²) in [5.41, 5.74) is -0.589. The monoisotopic (exact) mass is 346 g/mol. The quantitative estimate of drug-likeness (QED) is 0.906. The number of carboxylic acid groups (broad SMARTS) is 1. The molecule has 1 fully saturated rings. The standard InChI is InChI=1S/C14H16BrFO4/c1-19-11-9(16)7-8(15)10(12(11)20-2)14(13(17)18)5-3-4-6-14/h7H,3-6H2,1-2H3,(H,17,18). The fourth-order valence-corrected chi connectivity index (χ4v) is 3.72. The Hall–Kier alpha value is -1.30. The van der Waals surface area contributed by atoms with Gasteiger partial charge in [-0.15, -0.1) is 0 Å². The summed E-state index contributed by atoms with van der Waals surface area (Å²) in [4.78, 5) is 11.8. The minimum Gasteiger partial charge on any atom is -0.492 e. The van der Waals surface area contributed by atoms with Crippen molar-refractivity contribution in [3.05, 3.63) is 21.9 Å². The van der Waals surface area contributed by atoms with E-state index in [1.54, 1.807) is 0 Å². The zero-order chi connectivity index (χ0) is 14.9. The summed E-state index contributed by atoms with van der Waals surface area (Å²) in [6, 6.07) is 1.24. The van der Waals surface area contributed by atoms with Crippen molar-refractivity contribution in [1.82, 2.24) is 0 Å². The molecule has 6 heteroatoms. The highest BCUT2D eigenvalue weighted by atomic mass is 79.9. The molecule has 20 heavy (non-hydrogen) atoms. The lowest BCUT2D eigenvalue weighted by molar-refractivity contribution is -0.143. The average molecular weight is 347 g/mol. The first-order valence-electron chi connectivity index (χ1n) is 6.31. The van der Waals surface area contributed by atoms with Crippen molar-refractivity contribution in [2.75, 3.05) is 14.2 Å². The van der Waals surface area contributed by atoms with Gasteiger partial charge in [0.25, 0.3) is 0 Å². The zero-order valence-electron chi connectivity index (χ0n) is 11.3. The number of ether oxygens (including phenoxy) is 2. The largest absolute Gasteiger partial charge is 0.492 e. The second-order valence-electron chi connectivity index (χ2n) is 4.88. The molecule has 1 aliphatic rings. The topological polar surface area (TPSA) is 55.8 Å². The normalized spacial score (nSPS) is 17.0. The number of aliphatic carboxylic acids is 1. The Morgan fingerprint density at radius 3 is 2.30 bits per heavy atom. The van der Waals surface area contributed by atoms with Crippen LogP contribution in [-0.4, -0.2) is 25.3 Å². The van der Waals surface area contributed by atoms with Gasteiger partial charge in [-0.3, -0.25) is 4.79 Å². The molecule has 4 nitrogen and oxygen atoms in total. The van der Waals surface area contributed by atoms with Crippen molar-refractivity contribution in [3.8, 4) is 11.5 Å². The molecule has 2 rings (SSSR count). The molecule has 110 valence electrons. The predicted octanol–water partition coefficient (Wildman–Crippen LogP) is 3.50. The molecular formula is C14H16BrFO4. The minimum absolute atomic E-state index is 0.0572. The molecule has 0 aliphatic heterocycles. The first-order valence-corrected chi connectivity index (χ1v) is 7.11. The van der Waals surface area contributed by atoms with E-state index in [4.69, 9.17) is 9.47 Å². The van der Waals surface area contributed by atoms with Gasteiger partial charge in [0.15, 0.2) is 17.3 Å². The molecule has 0 heterocycles. The van der Waals surface area contributed by atoms with Crippen LogP contribution >= 0.6 is 15.9 Å². The van der Waals surface area contributed by atoms with Crippen LogP contribution in [0.4, 0.5) is 4.39 Å². The molecule has 0 bridgehead atoms. The van der Waals surface area contributed by atoms with Crippen molar-refractivity contribution in [2.45, 2.75) is 31.1 Å². The Labute approximate surface area is 125 Å². The molecule has 0 saturated heterocycles. The molecule has 0 aromatic heterocycles. The smallest absolute Gasteiger partial charge is 0.314 e. The lowest BCUT2D eigenvalue weighted by Crippen LogP contribution is -2.33. The molecule has 1 N–H and O–H groups in total. The van der Waals surface area contributed by atoms with E-state index in [0.29, 0.717) is 22.9 Å². The number of halogens is 2. The van der Waals surface area contributed by atoms with Gasteiger partial charge in [-0.05, 0) is 18.9 Å². The van der Waals surface area contributed by atoms with Gasteiger partial charge in [0.1, 0.15) is 0 Å². The van der Waals surface area contributed by atoms with Crippen molar-refractivity contribution in [3.63, 3.8) is 0 Å². The Balaban J connectivity index is 2.75. The second-order valence-corrected chi connectivity index (χ2v) is 5.73. The van der Waals surface area contributed by atoms with Crippen LogP contribution in [0.3, 0.4) is 0 Å². The summed E-state index contributed by atoms with van der Waals surface area (Å²) < 4.78 is 24.6. The van der Waals surface area contributed by atoms with E-state index in [0.717, 1.165) is 12.8 Å². The molecule has 0 amide bonds. The van der Waals surface area contributed by atoms with E-state index >= 15 is 0 Å². The summed E-state index contributed by atoms with van der Waals surface area (Å²) >= 11 is 3.28. The average Bonchev–Trinajstić information content (AvgIpc) is 2.88. The molecule has 0 spiro atoms. The maximum atomic E-state index is 13.9. The number of methoxy groups -OCH3 is 2. The summed E-state index contributed by atoms with van der Waals surface area (Å²) in [6.07, 6.45) is 2.65. The highest BCUT2D eigenvalue weighted by Gasteiger charge is 2.47. The van der Waals surface area contributed by atoms with Crippen LogP contribution in [0.2, 0.25) is 0 Å². The van der Waals surface area contributed by atoms with Crippen molar-refractivity contribution < 1.29 is 23.8 Å².